The van der Waals surface area contributed by atoms with Gasteiger partial charge >= 0.3 is 0 Å². The van der Waals surface area contributed by atoms with Gasteiger partial charge in [0, 0.05) is 12.0 Å². The summed E-state index contributed by atoms with van der Waals surface area (Å²) in [6.45, 7) is 5.35. The van der Waals surface area contributed by atoms with Crippen molar-refractivity contribution >= 4 is 16.9 Å². The van der Waals surface area contributed by atoms with Crippen molar-refractivity contribution in [3.05, 3.63) is 60.9 Å². The number of benzene rings is 2. The number of hydrogen-bond acceptors (Lipinski definition) is 6. The van der Waals surface area contributed by atoms with E-state index in [9.17, 15) is 0 Å². The molecule has 7 heteroatoms. The zero-order valence-electron chi connectivity index (χ0n) is 20.2. The molecule has 4 atom stereocenters. The first kappa shape index (κ1) is 22.0. The third-order valence-corrected chi connectivity index (χ3v) is 7.88. The van der Waals surface area contributed by atoms with Crippen molar-refractivity contribution in [3.8, 4) is 22.8 Å². The number of nitrogen functional groups attached to an aromatic ring is 1. The number of nitrogens with two attached hydrogens (primary N) is 1. The number of hydrogen-bond donors (Lipinski definition) is 1. The molecule has 2 aliphatic rings. The second-order valence-corrected chi connectivity index (χ2v) is 10.2. The van der Waals surface area contributed by atoms with Gasteiger partial charge in [-0.1, -0.05) is 32.0 Å². The van der Waals surface area contributed by atoms with Gasteiger partial charge in [0.1, 0.15) is 29.3 Å². The summed E-state index contributed by atoms with van der Waals surface area (Å²) in [4.78, 5) is 8.86. The van der Waals surface area contributed by atoms with Crippen molar-refractivity contribution in [2.24, 2.45) is 11.8 Å². The Balaban J connectivity index is 1.32. The molecule has 2 aromatic heterocycles. The molecule has 2 N–H and O–H groups in total. The molecule has 1 aliphatic heterocycles. The van der Waals surface area contributed by atoms with Crippen LogP contribution < -0.4 is 10.5 Å². The van der Waals surface area contributed by atoms with Crippen molar-refractivity contribution in [2.75, 3.05) is 12.3 Å². The summed E-state index contributed by atoms with van der Waals surface area (Å²) in [6, 6.07) is 17.8. The van der Waals surface area contributed by atoms with Gasteiger partial charge in [0.2, 0.25) is 0 Å². The average Bonchev–Trinajstić information content (AvgIpc) is 3.46. The van der Waals surface area contributed by atoms with Gasteiger partial charge in [-0.15, -0.1) is 0 Å². The maximum absolute atomic E-state index is 6.48. The third kappa shape index (κ3) is 4.04. The van der Waals surface area contributed by atoms with Gasteiger partial charge in [-0.3, -0.25) is 0 Å². The Morgan fingerprint density at radius 1 is 0.971 bits per heavy atom. The Labute approximate surface area is 205 Å². The summed E-state index contributed by atoms with van der Waals surface area (Å²) < 4.78 is 14.5. The number of ether oxygens (including phenoxy) is 2. The Morgan fingerprint density at radius 3 is 2.51 bits per heavy atom. The molecule has 3 heterocycles. The van der Waals surface area contributed by atoms with E-state index in [0.717, 1.165) is 59.0 Å². The molecule has 2 aromatic carbocycles. The summed E-state index contributed by atoms with van der Waals surface area (Å²) in [5.74, 6) is 3.42. The monoisotopic (exact) mass is 469 g/mol. The van der Waals surface area contributed by atoms with Crippen molar-refractivity contribution < 1.29 is 9.47 Å². The zero-order chi connectivity index (χ0) is 24.0. The van der Waals surface area contributed by atoms with Crippen LogP contribution in [0.4, 0.5) is 5.82 Å². The second-order valence-electron chi connectivity index (χ2n) is 10.2. The maximum atomic E-state index is 6.48. The molecule has 1 aliphatic carbocycles. The molecule has 0 radical (unpaired) electrons. The standard InChI is InChI=1S/C28H31N5O2/c1-18-12-13-28(14-19(18)2)15-21(16-34-28)33-27-24(26(29)30-17-31-27)25(32-33)20-8-10-23(11-9-20)35-22-6-4-3-5-7-22/h3-11,17-19,21H,12-16H2,1-2H3,(H2,29,30,31). The molecule has 35 heavy (non-hydrogen) atoms. The van der Waals surface area contributed by atoms with E-state index in [1.807, 2.05) is 59.3 Å². The van der Waals surface area contributed by atoms with E-state index < -0.39 is 0 Å². The molecule has 7 nitrogen and oxygen atoms in total. The first-order valence-corrected chi connectivity index (χ1v) is 12.5. The molecule has 4 aromatic rings. The highest BCUT2D eigenvalue weighted by Crippen LogP contribution is 2.47. The number of aromatic nitrogens is 4. The minimum absolute atomic E-state index is 0.0516. The van der Waals surface area contributed by atoms with Crippen molar-refractivity contribution in [1.29, 1.82) is 0 Å². The molecule has 6 rings (SSSR count). The minimum Gasteiger partial charge on any atom is -0.457 e. The van der Waals surface area contributed by atoms with Crippen LogP contribution in [0, 0.1) is 11.8 Å². The third-order valence-electron chi connectivity index (χ3n) is 7.88. The molecular weight excluding hydrogens is 438 g/mol. The van der Waals surface area contributed by atoms with Gasteiger partial charge in [0.15, 0.2) is 5.65 Å². The topological polar surface area (TPSA) is 88.1 Å². The lowest BCUT2D eigenvalue weighted by atomic mass is 9.72. The number of fused-ring (bicyclic) bond motifs is 1. The highest BCUT2D eigenvalue weighted by molar-refractivity contribution is 5.98. The van der Waals surface area contributed by atoms with Crippen molar-refractivity contribution in [2.45, 2.75) is 51.2 Å². The zero-order valence-corrected chi connectivity index (χ0v) is 20.2. The predicted molar refractivity (Wildman–Crippen MR) is 136 cm³/mol. The number of para-hydroxylation sites is 1. The Kier molecular flexibility index (Phi) is 5.44. The van der Waals surface area contributed by atoms with E-state index in [2.05, 4.69) is 23.8 Å². The van der Waals surface area contributed by atoms with Crippen LogP contribution in [-0.2, 0) is 4.74 Å². The van der Waals surface area contributed by atoms with E-state index in [1.165, 1.54) is 12.7 Å². The number of rotatable bonds is 4. The van der Waals surface area contributed by atoms with Crippen LogP contribution in [0.25, 0.3) is 22.3 Å². The molecule has 1 saturated carbocycles. The first-order chi connectivity index (χ1) is 17.0. The normalized spacial score (nSPS) is 26.4. The summed E-state index contributed by atoms with van der Waals surface area (Å²) in [7, 11) is 0. The largest absolute Gasteiger partial charge is 0.457 e. The first-order valence-electron chi connectivity index (χ1n) is 12.5. The molecule has 1 spiro atoms. The fourth-order valence-electron chi connectivity index (χ4n) is 5.72. The van der Waals surface area contributed by atoms with Gasteiger partial charge in [0.25, 0.3) is 0 Å². The summed E-state index contributed by atoms with van der Waals surface area (Å²) in [6.07, 6.45) is 5.91. The molecule has 1 saturated heterocycles. The van der Waals surface area contributed by atoms with Gasteiger partial charge in [0.05, 0.1) is 23.6 Å². The fourth-order valence-corrected chi connectivity index (χ4v) is 5.72. The molecule has 0 bridgehead atoms. The smallest absolute Gasteiger partial charge is 0.164 e. The quantitative estimate of drug-likeness (QED) is 0.393. The lowest BCUT2D eigenvalue weighted by Gasteiger charge is -2.39. The predicted octanol–water partition coefficient (Wildman–Crippen LogP) is 6.02. The lowest BCUT2D eigenvalue weighted by Crippen LogP contribution is -2.37. The molecule has 0 amide bonds. The van der Waals surface area contributed by atoms with E-state index in [-0.39, 0.29) is 11.6 Å². The number of anilines is 1. The van der Waals surface area contributed by atoms with Crippen molar-refractivity contribution in [1.82, 2.24) is 19.7 Å². The van der Waals surface area contributed by atoms with Crippen LogP contribution in [0.2, 0.25) is 0 Å². The van der Waals surface area contributed by atoms with E-state index in [4.69, 9.17) is 20.3 Å². The highest BCUT2D eigenvalue weighted by atomic mass is 16.5. The Bertz CT molecular complexity index is 1340. The Morgan fingerprint density at radius 2 is 1.74 bits per heavy atom. The number of nitrogens with zero attached hydrogens (tertiary/aromatic N) is 4. The molecule has 180 valence electrons. The van der Waals surface area contributed by atoms with E-state index in [1.54, 1.807) is 0 Å². The summed E-state index contributed by atoms with van der Waals surface area (Å²) in [5, 5.41) is 5.83. The van der Waals surface area contributed by atoms with Crippen LogP contribution in [0.3, 0.4) is 0 Å². The summed E-state index contributed by atoms with van der Waals surface area (Å²) >= 11 is 0. The lowest BCUT2D eigenvalue weighted by molar-refractivity contribution is -0.0504. The van der Waals surface area contributed by atoms with Gasteiger partial charge in [-0.05, 0) is 67.5 Å². The summed E-state index contributed by atoms with van der Waals surface area (Å²) in [5.41, 5.74) is 8.80. The van der Waals surface area contributed by atoms with Crippen LogP contribution >= 0.6 is 0 Å². The molecule has 2 fully saturated rings. The molecule has 4 unspecified atom stereocenters. The maximum Gasteiger partial charge on any atom is 0.164 e. The average molecular weight is 470 g/mol. The van der Waals surface area contributed by atoms with Crippen LogP contribution in [-0.4, -0.2) is 32.0 Å². The van der Waals surface area contributed by atoms with Crippen LogP contribution in [0.1, 0.15) is 45.6 Å². The minimum atomic E-state index is -0.0516. The Hall–Kier alpha value is -3.45. The van der Waals surface area contributed by atoms with Gasteiger partial charge in [-0.25, -0.2) is 14.6 Å². The van der Waals surface area contributed by atoms with Gasteiger partial charge in [-0.2, -0.15) is 5.10 Å². The van der Waals surface area contributed by atoms with Gasteiger partial charge < -0.3 is 15.2 Å². The molecular formula is C28H31N5O2. The highest BCUT2D eigenvalue weighted by Gasteiger charge is 2.46. The SMILES string of the molecule is CC1CCC2(CC1C)CC(n1nc(-c3ccc(Oc4ccccc4)cc3)c3c(N)ncnc31)CO2. The fraction of sp³-hybridized carbons (Fsp3) is 0.393. The van der Waals surface area contributed by atoms with Crippen LogP contribution in [0.5, 0.6) is 11.5 Å². The van der Waals surface area contributed by atoms with E-state index in [0.29, 0.717) is 18.3 Å². The van der Waals surface area contributed by atoms with E-state index >= 15 is 0 Å². The van der Waals surface area contributed by atoms with Crippen molar-refractivity contribution in [3.63, 3.8) is 0 Å². The van der Waals surface area contributed by atoms with Crippen LogP contribution in [0.15, 0.2) is 60.9 Å². The second kappa shape index (κ2) is 8.64.